The first-order valence-electron chi connectivity index (χ1n) is 5.96. The maximum Gasteiger partial charge on any atom is 0.243 e. The van der Waals surface area contributed by atoms with Crippen LogP contribution in [0.1, 0.15) is 5.56 Å². The van der Waals surface area contributed by atoms with Crippen molar-refractivity contribution < 1.29 is 8.42 Å². The van der Waals surface area contributed by atoms with Crippen molar-refractivity contribution in [3.05, 3.63) is 58.6 Å². The summed E-state index contributed by atoms with van der Waals surface area (Å²) in [7, 11) is -1.94. The van der Waals surface area contributed by atoms with Gasteiger partial charge in [-0.2, -0.15) is 4.31 Å². The first-order chi connectivity index (χ1) is 9.39. The molecule has 2 N–H and O–H groups in total. The van der Waals surface area contributed by atoms with Crippen LogP contribution in [0.5, 0.6) is 0 Å². The molecule has 2 aromatic rings. The van der Waals surface area contributed by atoms with Crippen LogP contribution in [0.2, 0.25) is 0 Å². The number of nitrogens with zero attached hydrogens (tertiary/aromatic N) is 1. The molecule has 0 atom stereocenters. The van der Waals surface area contributed by atoms with E-state index in [1.54, 1.807) is 19.2 Å². The highest BCUT2D eigenvalue weighted by Crippen LogP contribution is 2.19. The summed E-state index contributed by atoms with van der Waals surface area (Å²) in [5.41, 5.74) is 7.03. The lowest BCUT2D eigenvalue weighted by Crippen LogP contribution is -2.26. The summed E-state index contributed by atoms with van der Waals surface area (Å²) in [6.45, 7) is 0.312. The highest BCUT2D eigenvalue weighted by Gasteiger charge is 2.20. The number of benzene rings is 2. The van der Waals surface area contributed by atoms with Crippen molar-refractivity contribution in [2.45, 2.75) is 11.4 Å². The molecular weight excluding hydrogens is 340 g/mol. The normalized spacial score (nSPS) is 11.8. The summed E-state index contributed by atoms with van der Waals surface area (Å²) in [5, 5.41) is 0. The van der Waals surface area contributed by atoms with Crippen LogP contribution < -0.4 is 5.73 Å². The van der Waals surface area contributed by atoms with Crippen LogP contribution in [0.4, 0.5) is 5.69 Å². The molecule has 0 fully saturated rings. The highest BCUT2D eigenvalue weighted by molar-refractivity contribution is 9.10. The summed E-state index contributed by atoms with van der Waals surface area (Å²) in [4.78, 5) is 0.240. The summed E-state index contributed by atoms with van der Waals surface area (Å²) >= 11 is 3.37. The fraction of sp³-hybridized carbons (Fsp3) is 0.143. The summed E-state index contributed by atoms with van der Waals surface area (Å²) in [5.74, 6) is 0. The Morgan fingerprint density at radius 1 is 1.15 bits per heavy atom. The van der Waals surface area contributed by atoms with E-state index in [1.807, 2.05) is 24.3 Å². The highest BCUT2D eigenvalue weighted by atomic mass is 79.9. The Labute approximate surface area is 127 Å². The molecule has 0 unspecified atom stereocenters. The van der Waals surface area contributed by atoms with E-state index in [4.69, 9.17) is 5.73 Å². The molecule has 0 bridgehead atoms. The Balaban J connectivity index is 2.23. The number of hydrogen-bond donors (Lipinski definition) is 1. The maximum absolute atomic E-state index is 12.4. The number of halogens is 1. The molecule has 2 rings (SSSR count). The van der Waals surface area contributed by atoms with Crippen LogP contribution in [0.3, 0.4) is 0 Å². The Morgan fingerprint density at radius 3 is 2.40 bits per heavy atom. The lowest BCUT2D eigenvalue weighted by Gasteiger charge is -2.17. The average Bonchev–Trinajstić information content (AvgIpc) is 2.39. The third-order valence-electron chi connectivity index (χ3n) is 2.88. The molecule has 0 heterocycles. The fourth-order valence-corrected chi connectivity index (χ4v) is 3.40. The summed E-state index contributed by atoms with van der Waals surface area (Å²) < 4.78 is 27.1. The van der Waals surface area contributed by atoms with Gasteiger partial charge in [-0.05, 0) is 42.0 Å². The smallest absolute Gasteiger partial charge is 0.243 e. The minimum absolute atomic E-state index is 0.240. The van der Waals surface area contributed by atoms with Gasteiger partial charge in [-0.1, -0.05) is 28.1 Å². The van der Waals surface area contributed by atoms with Crippen LogP contribution in [0.25, 0.3) is 0 Å². The molecule has 0 saturated heterocycles. The Morgan fingerprint density at radius 2 is 1.80 bits per heavy atom. The van der Waals surface area contributed by atoms with E-state index < -0.39 is 10.0 Å². The number of hydrogen-bond acceptors (Lipinski definition) is 3. The monoisotopic (exact) mass is 354 g/mol. The third-order valence-corrected chi connectivity index (χ3v) is 5.19. The molecule has 0 aliphatic heterocycles. The van der Waals surface area contributed by atoms with Crippen molar-refractivity contribution in [1.29, 1.82) is 0 Å². The Hall–Kier alpha value is -1.37. The lowest BCUT2D eigenvalue weighted by molar-refractivity contribution is 0.466. The van der Waals surface area contributed by atoms with Crippen molar-refractivity contribution in [2.75, 3.05) is 12.8 Å². The van der Waals surface area contributed by atoms with Crippen molar-refractivity contribution >= 4 is 31.6 Å². The largest absolute Gasteiger partial charge is 0.399 e. The summed E-state index contributed by atoms with van der Waals surface area (Å²) in [6.07, 6.45) is 0. The van der Waals surface area contributed by atoms with E-state index in [2.05, 4.69) is 15.9 Å². The van der Waals surface area contributed by atoms with Crippen LogP contribution in [-0.2, 0) is 16.6 Å². The predicted molar refractivity (Wildman–Crippen MR) is 83.6 cm³/mol. The van der Waals surface area contributed by atoms with Crippen LogP contribution in [0.15, 0.2) is 57.9 Å². The van der Waals surface area contributed by atoms with Crippen molar-refractivity contribution in [2.24, 2.45) is 0 Å². The SMILES string of the molecule is CN(Cc1cccc(Br)c1)S(=O)(=O)c1ccc(N)cc1. The molecule has 0 amide bonds. The number of nitrogens with two attached hydrogens (primary N) is 1. The van der Waals surface area contributed by atoms with Gasteiger partial charge in [-0.3, -0.25) is 0 Å². The molecule has 2 aromatic carbocycles. The number of rotatable bonds is 4. The predicted octanol–water partition coefficient (Wildman–Crippen LogP) is 2.85. The minimum Gasteiger partial charge on any atom is -0.399 e. The third kappa shape index (κ3) is 3.39. The van der Waals surface area contributed by atoms with Crippen molar-refractivity contribution in [3.8, 4) is 0 Å². The van der Waals surface area contributed by atoms with E-state index in [1.165, 1.54) is 16.4 Å². The van der Waals surface area contributed by atoms with E-state index in [9.17, 15) is 8.42 Å². The number of anilines is 1. The second kappa shape index (κ2) is 5.95. The van der Waals surface area contributed by atoms with Gasteiger partial charge >= 0.3 is 0 Å². The zero-order chi connectivity index (χ0) is 14.8. The Bertz CT molecular complexity index is 699. The van der Waals surface area contributed by atoms with Gasteiger partial charge in [0, 0.05) is 23.8 Å². The zero-order valence-electron chi connectivity index (χ0n) is 11.0. The molecule has 20 heavy (non-hydrogen) atoms. The first kappa shape index (κ1) is 15.0. The van der Waals surface area contributed by atoms with Gasteiger partial charge in [-0.15, -0.1) is 0 Å². The second-order valence-corrected chi connectivity index (χ2v) is 7.42. The molecule has 0 radical (unpaired) electrons. The first-order valence-corrected chi connectivity index (χ1v) is 8.19. The average molecular weight is 355 g/mol. The van der Waals surface area contributed by atoms with Crippen LogP contribution in [-0.4, -0.2) is 19.8 Å². The molecule has 6 heteroatoms. The number of sulfonamides is 1. The molecule has 0 spiro atoms. The molecule has 4 nitrogen and oxygen atoms in total. The topological polar surface area (TPSA) is 63.4 Å². The van der Waals surface area contributed by atoms with Gasteiger partial charge < -0.3 is 5.73 Å². The van der Waals surface area contributed by atoms with Gasteiger partial charge in [-0.25, -0.2) is 8.42 Å². The summed E-state index contributed by atoms with van der Waals surface area (Å²) in [6, 6.07) is 13.8. The quantitative estimate of drug-likeness (QED) is 0.858. The molecule has 106 valence electrons. The van der Waals surface area contributed by atoms with E-state index in [0.29, 0.717) is 12.2 Å². The van der Waals surface area contributed by atoms with Crippen LogP contribution in [0, 0.1) is 0 Å². The molecule has 0 saturated carbocycles. The minimum atomic E-state index is -3.50. The van der Waals surface area contributed by atoms with Crippen LogP contribution >= 0.6 is 15.9 Å². The van der Waals surface area contributed by atoms with Gasteiger partial charge in [0.15, 0.2) is 0 Å². The van der Waals surface area contributed by atoms with Gasteiger partial charge in [0.2, 0.25) is 10.0 Å². The number of nitrogen functional groups attached to an aromatic ring is 1. The second-order valence-electron chi connectivity index (χ2n) is 4.46. The van der Waals surface area contributed by atoms with Crippen molar-refractivity contribution in [3.63, 3.8) is 0 Å². The van der Waals surface area contributed by atoms with Gasteiger partial charge in [0.25, 0.3) is 0 Å². The Kier molecular flexibility index (Phi) is 4.47. The van der Waals surface area contributed by atoms with Crippen molar-refractivity contribution in [1.82, 2.24) is 4.31 Å². The standard InChI is InChI=1S/C14H15BrN2O2S/c1-17(10-11-3-2-4-12(15)9-11)20(18,19)14-7-5-13(16)6-8-14/h2-9H,10,16H2,1H3. The van der Waals surface area contributed by atoms with Gasteiger partial charge in [0.1, 0.15) is 0 Å². The lowest BCUT2D eigenvalue weighted by atomic mass is 10.2. The molecular formula is C14H15BrN2O2S. The van der Waals surface area contributed by atoms with E-state index in [0.717, 1.165) is 10.0 Å². The molecule has 0 aliphatic rings. The molecule has 0 aliphatic carbocycles. The molecule has 0 aromatic heterocycles. The van der Waals surface area contributed by atoms with E-state index in [-0.39, 0.29) is 4.90 Å². The maximum atomic E-state index is 12.4. The fourth-order valence-electron chi connectivity index (χ4n) is 1.80. The zero-order valence-corrected chi connectivity index (χ0v) is 13.4. The van der Waals surface area contributed by atoms with Gasteiger partial charge in [0.05, 0.1) is 4.90 Å². The van der Waals surface area contributed by atoms with E-state index >= 15 is 0 Å².